The number of hydrogen-bond donors (Lipinski definition) is 1. The van der Waals surface area contributed by atoms with Crippen LogP contribution in [0.15, 0.2) is 34.8 Å². The van der Waals surface area contributed by atoms with Crippen LogP contribution in [0, 0.1) is 5.82 Å². The zero-order valence-corrected chi connectivity index (χ0v) is 13.1. The summed E-state index contributed by atoms with van der Waals surface area (Å²) < 4.78 is 14.9. The summed E-state index contributed by atoms with van der Waals surface area (Å²) in [4.78, 5) is 12.9. The van der Waals surface area contributed by atoms with Gasteiger partial charge in [0.2, 0.25) is 0 Å². The van der Waals surface area contributed by atoms with E-state index < -0.39 is 11.7 Å². The van der Waals surface area contributed by atoms with Crippen molar-refractivity contribution in [2.24, 2.45) is 0 Å². The maximum atomic E-state index is 13.6. The maximum Gasteiger partial charge on any atom is 0.254 e. The van der Waals surface area contributed by atoms with E-state index in [9.17, 15) is 9.18 Å². The first-order valence-electron chi connectivity index (χ1n) is 5.48. The van der Waals surface area contributed by atoms with Gasteiger partial charge in [-0.2, -0.15) is 0 Å². The fraction of sp³-hybridized carbons (Fsp3) is 0.154. The minimum Gasteiger partial charge on any atom is -0.345 e. The third-order valence-electron chi connectivity index (χ3n) is 2.54. The molecule has 1 aromatic carbocycles. The molecule has 1 N–H and O–H groups in total. The highest BCUT2D eigenvalue weighted by Crippen LogP contribution is 2.27. The summed E-state index contributed by atoms with van der Waals surface area (Å²) in [5.41, 5.74) is 0.0175. The molecule has 2 rings (SSSR count). The van der Waals surface area contributed by atoms with Gasteiger partial charge in [-0.25, -0.2) is 4.39 Å². The topological polar surface area (TPSA) is 29.1 Å². The first kappa shape index (κ1) is 14.5. The van der Waals surface area contributed by atoms with Crippen LogP contribution in [-0.2, 0) is 0 Å². The highest BCUT2D eigenvalue weighted by atomic mass is 79.9. The molecule has 0 bridgehead atoms. The van der Waals surface area contributed by atoms with Gasteiger partial charge >= 0.3 is 0 Å². The van der Waals surface area contributed by atoms with Gasteiger partial charge in [-0.05, 0) is 37.3 Å². The van der Waals surface area contributed by atoms with Gasteiger partial charge in [0.25, 0.3) is 5.91 Å². The van der Waals surface area contributed by atoms with E-state index in [4.69, 9.17) is 11.6 Å². The molecule has 100 valence electrons. The Bertz CT molecular complexity index is 616. The molecule has 0 aliphatic rings. The van der Waals surface area contributed by atoms with Crippen molar-refractivity contribution < 1.29 is 9.18 Å². The summed E-state index contributed by atoms with van der Waals surface area (Å²) in [6, 6.07) is 7.65. The van der Waals surface area contributed by atoms with Crippen LogP contribution in [0.25, 0.3) is 0 Å². The second-order valence-electron chi connectivity index (χ2n) is 3.96. The van der Waals surface area contributed by atoms with Gasteiger partial charge in [0.1, 0.15) is 5.82 Å². The van der Waals surface area contributed by atoms with Crippen molar-refractivity contribution >= 4 is 44.8 Å². The van der Waals surface area contributed by atoms with Gasteiger partial charge in [0.15, 0.2) is 0 Å². The lowest BCUT2D eigenvalue weighted by atomic mass is 10.2. The zero-order chi connectivity index (χ0) is 14.0. The van der Waals surface area contributed by atoms with Gasteiger partial charge in [-0.3, -0.25) is 4.79 Å². The lowest BCUT2D eigenvalue weighted by molar-refractivity contribution is 0.0936. The van der Waals surface area contributed by atoms with Crippen LogP contribution in [0.5, 0.6) is 0 Å². The van der Waals surface area contributed by atoms with Crippen molar-refractivity contribution in [3.63, 3.8) is 0 Å². The molecule has 19 heavy (non-hydrogen) atoms. The van der Waals surface area contributed by atoms with Crippen molar-refractivity contribution in [3.8, 4) is 0 Å². The molecule has 6 heteroatoms. The van der Waals surface area contributed by atoms with E-state index in [1.807, 2.05) is 13.0 Å². The Morgan fingerprint density at radius 3 is 2.79 bits per heavy atom. The van der Waals surface area contributed by atoms with Gasteiger partial charge in [-0.1, -0.05) is 27.5 Å². The number of rotatable bonds is 3. The smallest absolute Gasteiger partial charge is 0.254 e. The molecule has 0 saturated heterocycles. The first-order chi connectivity index (χ1) is 8.97. The predicted molar refractivity (Wildman–Crippen MR) is 79.3 cm³/mol. The van der Waals surface area contributed by atoms with Crippen molar-refractivity contribution in [3.05, 3.63) is 55.4 Å². The highest BCUT2D eigenvalue weighted by molar-refractivity contribution is 9.10. The zero-order valence-electron chi connectivity index (χ0n) is 9.91. The van der Waals surface area contributed by atoms with E-state index >= 15 is 0 Å². The number of carbonyl (C=O) groups is 1. The van der Waals surface area contributed by atoms with E-state index in [0.29, 0.717) is 8.81 Å². The van der Waals surface area contributed by atoms with Gasteiger partial charge in [0, 0.05) is 9.35 Å². The third kappa shape index (κ3) is 3.55. The Kier molecular flexibility index (Phi) is 4.60. The van der Waals surface area contributed by atoms with E-state index in [1.54, 1.807) is 12.1 Å². The average Bonchev–Trinajstić information content (AvgIpc) is 2.79. The van der Waals surface area contributed by atoms with Crippen molar-refractivity contribution in [2.45, 2.75) is 13.0 Å². The Hall–Kier alpha value is -0.910. The lowest BCUT2D eigenvalue weighted by Gasteiger charge is -2.12. The molecule has 2 aromatic rings. The summed E-state index contributed by atoms with van der Waals surface area (Å²) >= 11 is 10.4. The van der Waals surface area contributed by atoms with Crippen LogP contribution in [0.3, 0.4) is 0 Å². The number of hydrogen-bond acceptors (Lipinski definition) is 2. The number of nitrogens with one attached hydrogen (secondary N) is 1. The largest absolute Gasteiger partial charge is 0.345 e. The molecular formula is C13H10BrClFNOS. The van der Waals surface area contributed by atoms with E-state index in [-0.39, 0.29) is 11.6 Å². The van der Waals surface area contributed by atoms with Crippen LogP contribution in [0.4, 0.5) is 4.39 Å². The van der Waals surface area contributed by atoms with Crippen molar-refractivity contribution in [2.75, 3.05) is 0 Å². The number of benzene rings is 1. The summed E-state index contributed by atoms with van der Waals surface area (Å²) in [5.74, 6) is -0.993. The molecule has 1 amide bonds. The summed E-state index contributed by atoms with van der Waals surface area (Å²) in [7, 11) is 0. The maximum absolute atomic E-state index is 13.6. The van der Waals surface area contributed by atoms with Crippen molar-refractivity contribution in [1.82, 2.24) is 5.32 Å². The van der Waals surface area contributed by atoms with Crippen LogP contribution < -0.4 is 5.32 Å². The molecular weight excluding hydrogens is 353 g/mol. The molecule has 0 aliphatic heterocycles. The minimum atomic E-state index is -0.544. The van der Waals surface area contributed by atoms with Crippen LogP contribution in [0.2, 0.25) is 4.34 Å². The van der Waals surface area contributed by atoms with Gasteiger partial charge in [0.05, 0.1) is 15.9 Å². The highest BCUT2D eigenvalue weighted by Gasteiger charge is 2.16. The lowest BCUT2D eigenvalue weighted by Crippen LogP contribution is -2.26. The molecule has 1 unspecified atom stereocenters. The Labute approximate surface area is 127 Å². The summed E-state index contributed by atoms with van der Waals surface area (Å²) in [5, 5.41) is 2.75. The molecule has 0 fully saturated rings. The standard InChI is InChI=1S/C13H10BrClFNOS/c1-7(11-4-5-12(15)19-11)17-13(18)9-6-8(14)2-3-10(9)16/h2-7H,1H3,(H,17,18). The average molecular weight is 363 g/mol. The van der Waals surface area contributed by atoms with Crippen LogP contribution in [0.1, 0.15) is 28.2 Å². The molecule has 1 heterocycles. The SMILES string of the molecule is CC(NC(=O)c1cc(Br)ccc1F)c1ccc(Cl)s1. The monoisotopic (exact) mass is 361 g/mol. The first-order valence-corrected chi connectivity index (χ1v) is 7.47. The minimum absolute atomic E-state index is 0.0175. The van der Waals surface area contributed by atoms with E-state index in [0.717, 1.165) is 4.88 Å². The normalized spacial score (nSPS) is 12.2. The predicted octanol–water partition coefficient (Wildman–Crippen LogP) is 4.79. The second kappa shape index (κ2) is 6.03. The summed E-state index contributed by atoms with van der Waals surface area (Å²) in [6.07, 6.45) is 0. The van der Waals surface area contributed by atoms with Gasteiger partial charge < -0.3 is 5.32 Å². The van der Waals surface area contributed by atoms with Gasteiger partial charge in [-0.15, -0.1) is 11.3 Å². The molecule has 2 nitrogen and oxygen atoms in total. The molecule has 1 aromatic heterocycles. The van der Waals surface area contributed by atoms with Crippen LogP contribution >= 0.6 is 38.9 Å². The summed E-state index contributed by atoms with van der Waals surface area (Å²) in [6.45, 7) is 1.83. The fourth-order valence-electron chi connectivity index (χ4n) is 1.58. The number of thiophene rings is 1. The Morgan fingerprint density at radius 1 is 1.42 bits per heavy atom. The molecule has 1 atom stereocenters. The molecule has 0 radical (unpaired) electrons. The fourth-order valence-corrected chi connectivity index (χ4v) is 3.00. The Balaban J connectivity index is 2.15. The van der Waals surface area contributed by atoms with E-state index in [1.165, 1.54) is 23.5 Å². The number of amides is 1. The third-order valence-corrected chi connectivity index (χ3v) is 4.45. The van der Waals surface area contributed by atoms with Crippen molar-refractivity contribution in [1.29, 1.82) is 0 Å². The molecule has 0 spiro atoms. The van der Waals surface area contributed by atoms with Crippen LogP contribution in [-0.4, -0.2) is 5.91 Å². The number of carbonyl (C=O) groups excluding carboxylic acids is 1. The quantitative estimate of drug-likeness (QED) is 0.835. The van der Waals surface area contributed by atoms with E-state index in [2.05, 4.69) is 21.2 Å². The molecule has 0 aliphatic carbocycles. The number of halogens is 3. The second-order valence-corrected chi connectivity index (χ2v) is 6.62. The molecule has 0 saturated carbocycles. The Morgan fingerprint density at radius 2 is 2.16 bits per heavy atom.